The Morgan fingerprint density at radius 2 is 0.565 bits per heavy atom. The minimum Gasteiger partial charge on any atom is -0.461 e. The van der Waals surface area contributed by atoms with Gasteiger partial charge in [0.2, 0.25) is 0 Å². The first kappa shape index (κ1) is 44.4. The van der Waals surface area contributed by atoms with Crippen LogP contribution in [0.25, 0.3) is 0 Å². The van der Waals surface area contributed by atoms with Gasteiger partial charge in [-0.25, -0.2) is 0 Å². The number of allylic oxidation sites excluding steroid dienone is 2. The fraction of sp³-hybridized carbons (Fsp3) is 0.857. The quantitative estimate of drug-likeness (QED) is 0.0383. The summed E-state index contributed by atoms with van der Waals surface area (Å²) < 4.78 is 10.6. The molecule has 270 valence electrons. The predicted octanol–water partition coefficient (Wildman–Crippen LogP) is 13.7. The van der Waals surface area contributed by atoms with Gasteiger partial charge in [0.1, 0.15) is 13.2 Å². The molecule has 0 spiro atoms. The first-order chi connectivity index (χ1) is 22.7. The van der Waals surface area contributed by atoms with Crippen molar-refractivity contribution in [1.29, 1.82) is 0 Å². The van der Waals surface area contributed by atoms with Crippen LogP contribution in [0.1, 0.15) is 219 Å². The van der Waals surface area contributed by atoms with Crippen molar-refractivity contribution in [2.24, 2.45) is 0 Å². The van der Waals surface area contributed by atoms with Gasteiger partial charge in [-0.2, -0.15) is 0 Å². The zero-order valence-electron chi connectivity index (χ0n) is 31.0. The Morgan fingerprint density at radius 3 is 0.804 bits per heavy atom. The summed E-state index contributed by atoms with van der Waals surface area (Å²) in [5.74, 6) is -0.230. The third kappa shape index (κ3) is 38.6. The molecule has 0 aromatic rings. The number of hydrogen-bond donors (Lipinski definition) is 0. The zero-order chi connectivity index (χ0) is 33.4. The van der Waals surface area contributed by atoms with Crippen LogP contribution in [-0.2, 0) is 19.1 Å². The lowest BCUT2D eigenvalue weighted by molar-refractivity contribution is -0.143. The maximum absolute atomic E-state index is 11.9. The van der Waals surface area contributed by atoms with Crippen molar-refractivity contribution in [3.05, 3.63) is 24.3 Å². The Kier molecular flexibility index (Phi) is 38.2. The second-order valence-electron chi connectivity index (χ2n) is 13.6. The van der Waals surface area contributed by atoms with Gasteiger partial charge in [0.05, 0.1) is 0 Å². The monoisotopic (exact) mass is 647 g/mol. The van der Waals surface area contributed by atoms with Crippen molar-refractivity contribution in [1.82, 2.24) is 0 Å². The van der Waals surface area contributed by atoms with Gasteiger partial charge in [0.15, 0.2) is 0 Å². The summed E-state index contributed by atoms with van der Waals surface area (Å²) in [4.78, 5) is 23.8. The molecule has 4 nitrogen and oxygen atoms in total. The minimum atomic E-state index is -0.115. The Balaban J connectivity index is 3.37. The van der Waals surface area contributed by atoms with E-state index in [1.807, 2.05) is 24.3 Å². The highest BCUT2D eigenvalue weighted by atomic mass is 16.5. The van der Waals surface area contributed by atoms with Crippen molar-refractivity contribution in [3.63, 3.8) is 0 Å². The molecule has 0 aliphatic carbocycles. The van der Waals surface area contributed by atoms with E-state index in [9.17, 15) is 9.59 Å². The van der Waals surface area contributed by atoms with E-state index in [0.29, 0.717) is 26.1 Å². The van der Waals surface area contributed by atoms with E-state index in [0.717, 1.165) is 25.7 Å². The van der Waals surface area contributed by atoms with E-state index in [1.165, 1.54) is 167 Å². The Bertz CT molecular complexity index is 625. The third-order valence-corrected chi connectivity index (χ3v) is 9.03. The lowest BCUT2D eigenvalue weighted by Gasteiger charge is -2.04. The summed E-state index contributed by atoms with van der Waals surface area (Å²) in [6, 6.07) is 0. The van der Waals surface area contributed by atoms with Crippen molar-refractivity contribution in [2.75, 3.05) is 13.2 Å². The molecule has 0 rings (SSSR count). The molecule has 46 heavy (non-hydrogen) atoms. The van der Waals surface area contributed by atoms with Crippen LogP contribution in [0.3, 0.4) is 0 Å². The van der Waals surface area contributed by atoms with Gasteiger partial charge in [-0.3, -0.25) is 9.59 Å². The van der Waals surface area contributed by atoms with E-state index in [2.05, 4.69) is 13.8 Å². The molecule has 0 saturated heterocycles. The van der Waals surface area contributed by atoms with E-state index in [1.54, 1.807) is 0 Å². The molecule has 0 aromatic heterocycles. The molecule has 0 aliphatic heterocycles. The smallest absolute Gasteiger partial charge is 0.306 e. The number of carbonyl (C=O) groups is 2. The van der Waals surface area contributed by atoms with Crippen LogP contribution in [0, 0.1) is 0 Å². The molecule has 0 unspecified atom stereocenters. The predicted molar refractivity (Wildman–Crippen MR) is 199 cm³/mol. The van der Waals surface area contributed by atoms with Crippen LogP contribution in [-0.4, -0.2) is 25.2 Å². The second kappa shape index (κ2) is 39.6. The van der Waals surface area contributed by atoms with E-state index >= 15 is 0 Å². The average Bonchev–Trinajstić information content (AvgIpc) is 3.05. The van der Waals surface area contributed by atoms with Crippen LogP contribution in [0.15, 0.2) is 24.3 Å². The van der Waals surface area contributed by atoms with Crippen LogP contribution < -0.4 is 0 Å². The third-order valence-electron chi connectivity index (χ3n) is 9.03. The lowest BCUT2D eigenvalue weighted by atomic mass is 10.0. The molecule has 0 bridgehead atoms. The summed E-state index contributed by atoms with van der Waals surface area (Å²) in [5.41, 5.74) is 0. The molecule has 0 amide bonds. The van der Waals surface area contributed by atoms with Crippen LogP contribution >= 0.6 is 0 Å². The van der Waals surface area contributed by atoms with Gasteiger partial charge in [-0.1, -0.05) is 206 Å². The highest BCUT2D eigenvalue weighted by Gasteiger charge is 2.02. The van der Waals surface area contributed by atoms with Gasteiger partial charge in [-0.15, -0.1) is 0 Å². The fourth-order valence-electron chi connectivity index (χ4n) is 5.98. The minimum absolute atomic E-state index is 0.115. The fourth-order valence-corrected chi connectivity index (χ4v) is 5.98. The van der Waals surface area contributed by atoms with Crippen molar-refractivity contribution < 1.29 is 19.1 Å². The van der Waals surface area contributed by atoms with E-state index in [-0.39, 0.29) is 11.9 Å². The van der Waals surface area contributed by atoms with Crippen LogP contribution in [0.5, 0.6) is 0 Å². The van der Waals surface area contributed by atoms with Crippen LogP contribution in [0.2, 0.25) is 0 Å². The lowest BCUT2D eigenvalue weighted by Crippen LogP contribution is -2.04. The summed E-state index contributed by atoms with van der Waals surface area (Å²) in [6.45, 7) is 5.14. The molecule has 0 aromatic carbocycles. The van der Waals surface area contributed by atoms with Crippen molar-refractivity contribution in [3.8, 4) is 0 Å². The zero-order valence-corrected chi connectivity index (χ0v) is 31.0. The standard InChI is InChI=1S/C42H78O4/c1-3-5-7-9-11-13-15-17-19-21-23-25-27-29-33-37-41(43)45-39-35-31-32-36-40-46-42(44)38-34-30-28-26-24-22-20-18-16-14-12-10-8-6-4-2/h31-32,35-36H,3-30,33-34,37-40H2,1-2H3/b35-31+,36-32+. The SMILES string of the molecule is CCCCCCCCCCCCCCCCCC(=O)OC/C=C/C=C/COC(=O)CCCCCCCCCCCCCCCCC. The molecule has 0 N–H and O–H groups in total. The molecular formula is C42H78O4. The molecule has 0 fully saturated rings. The molecule has 0 heterocycles. The largest absolute Gasteiger partial charge is 0.461 e. The van der Waals surface area contributed by atoms with E-state index in [4.69, 9.17) is 9.47 Å². The molecular weight excluding hydrogens is 568 g/mol. The average molecular weight is 647 g/mol. The molecule has 0 saturated carbocycles. The summed E-state index contributed by atoms with van der Waals surface area (Å²) in [7, 11) is 0. The summed E-state index contributed by atoms with van der Waals surface area (Å²) in [5, 5.41) is 0. The van der Waals surface area contributed by atoms with Gasteiger partial charge >= 0.3 is 11.9 Å². The highest BCUT2D eigenvalue weighted by molar-refractivity contribution is 5.69. The van der Waals surface area contributed by atoms with Crippen molar-refractivity contribution in [2.45, 2.75) is 219 Å². The number of esters is 2. The van der Waals surface area contributed by atoms with Crippen LogP contribution in [0.4, 0.5) is 0 Å². The van der Waals surface area contributed by atoms with E-state index < -0.39 is 0 Å². The normalized spacial score (nSPS) is 11.6. The maximum Gasteiger partial charge on any atom is 0.306 e. The number of unbranched alkanes of at least 4 members (excludes halogenated alkanes) is 28. The highest BCUT2D eigenvalue weighted by Crippen LogP contribution is 2.15. The Morgan fingerprint density at radius 1 is 0.348 bits per heavy atom. The second-order valence-corrected chi connectivity index (χ2v) is 13.6. The van der Waals surface area contributed by atoms with Gasteiger partial charge < -0.3 is 9.47 Å². The number of rotatable bonds is 37. The number of hydrogen-bond acceptors (Lipinski definition) is 4. The Hall–Kier alpha value is -1.58. The molecule has 0 aliphatic rings. The van der Waals surface area contributed by atoms with Crippen molar-refractivity contribution >= 4 is 11.9 Å². The number of ether oxygens (including phenoxy) is 2. The first-order valence-corrected chi connectivity index (χ1v) is 20.3. The summed E-state index contributed by atoms with van der Waals surface area (Å²) >= 11 is 0. The first-order valence-electron chi connectivity index (χ1n) is 20.3. The topological polar surface area (TPSA) is 52.6 Å². The maximum atomic E-state index is 11.9. The summed E-state index contributed by atoms with van der Waals surface area (Å²) in [6.07, 6.45) is 48.1. The number of carbonyl (C=O) groups excluding carboxylic acids is 2. The molecule has 4 heteroatoms. The van der Waals surface area contributed by atoms with Gasteiger partial charge in [-0.05, 0) is 25.0 Å². The van der Waals surface area contributed by atoms with Gasteiger partial charge in [0, 0.05) is 12.8 Å². The van der Waals surface area contributed by atoms with Gasteiger partial charge in [0.25, 0.3) is 0 Å². The molecule has 0 radical (unpaired) electrons. The Labute approximate surface area is 287 Å². The molecule has 0 atom stereocenters.